The van der Waals surface area contributed by atoms with Crippen molar-refractivity contribution >= 4 is 33.3 Å². The van der Waals surface area contributed by atoms with E-state index in [9.17, 15) is 0 Å². The van der Waals surface area contributed by atoms with E-state index in [2.05, 4.69) is 46.1 Å². The minimum atomic E-state index is 0.602. The van der Waals surface area contributed by atoms with Crippen LogP contribution < -0.4 is 5.32 Å². The fourth-order valence-electron chi connectivity index (χ4n) is 1.38. The summed E-state index contributed by atoms with van der Waals surface area (Å²) < 4.78 is 1.12. The van der Waals surface area contributed by atoms with Crippen molar-refractivity contribution in [1.29, 1.82) is 0 Å². The van der Waals surface area contributed by atoms with Gasteiger partial charge < -0.3 is 10.2 Å². The maximum atomic E-state index is 5.34. The third-order valence-corrected chi connectivity index (χ3v) is 3.60. The molecule has 0 radical (unpaired) electrons. The van der Waals surface area contributed by atoms with Crippen LogP contribution in [-0.4, -0.2) is 23.6 Å². The first-order chi connectivity index (χ1) is 8.00. The molecule has 0 heterocycles. The molecule has 17 heavy (non-hydrogen) atoms. The molecule has 1 aromatic rings. The van der Waals surface area contributed by atoms with E-state index in [1.165, 1.54) is 5.56 Å². The number of rotatable bonds is 4. The lowest BCUT2D eigenvalue weighted by molar-refractivity contribution is 0.479. The lowest BCUT2D eigenvalue weighted by atomic mass is 10.2. The number of nitrogens with zero attached hydrogens (tertiary/aromatic N) is 1. The topological polar surface area (TPSA) is 15.3 Å². The van der Waals surface area contributed by atoms with E-state index < -0.39 is 0 Å². The molecule has 0 fully saturated rings. The minimum Gasteiger partial charge on any atom is -0.362 e. The van der Waals surface area contributed by atoms with Gasteiger partial charge in [-0.2, -0.15) is 0 Å². The van der Waals surface area contributed by atoms with Gasteiger partial charge in [-0.25, -0.2) is 0 Å². The highest BCUT2D eigenvalue weighted by atomic mass is 79.9. The van der Waals surface area contributed by atoms with E-state index in [0.717, 1.165) is 22.7 Å². The molecular formula is C13H19BrN2S. The molecule has 1 aromatic carbocycles. The van der Waals surface area contributed by atoms with Crippen LogP contribution in [0, 0.1) is 5.92 Å². The summed E-state index contributed by atoms with van der Waals surface area (Å²) in [6.07, 6.45) is 0. The first kappa shape index (κ1) is 14.5. The maximum absolute atomic E-state index is 5.34. The lowest BCUT2D eigenvalue weighted by Gasteiger charge is -2.22. The second kappa shape index (κ2) is 6.97. The van der Waals surface area contributed by atoms with Crippen LogP contribution in [0.25, 0.3) is 0 Å². The van der Waals surface area contributed by atoms with E-state index in [-0.39, 0.29) is 0 Å². The van der Waals surface area contributed by atoms with Crippen LogP contribution in [0.2, 0.25) is 0 Å². The maximum Gasteiger partial charge on any atom is 0.168 e. The second-order valence-electron chi connectivity index (χ2n) is 4.53. The van der Waals surface area contributed by atoms with Crippen LogP contribution in [0.4, 0.5) is 0 Å². The molecule has 1 rings (SSSR count). The zero-order valence-electron chi connectivity index (χ0n) is 10.5. The Hall–Kier alpha value is -0.610. The average molecular weight is 315 g/mol. The van der Waals surface area contributed by atoms with Gasteiger partial charge in [0.05, 0.1) is 0 Å². The number of nitrogens with one attached hydrogen (secondary N) is 1. The summed E-state index contributed by atoms with van der Waals surface area (Å²) in [5.41, 5.74) is 1.24. The van der Waals surface area contributed by atoms with Gasteiger partial charge >= 0.3 is 0 Å². The molecule has 0 aromatic heterocycles. The number of thiocarbonyl (C=S) groups is 1. The standard InChI is InChI=1S/C13H19BrN2S/c1-10(2)8-15-13(17)16(3)9-11-6-4-5-7-12(11)14/h4-7,10H,8-9H2,1-3H3,(H,15,17). The molecule has 0 aliphatic rings. The SMILES string of the molecule is CC(C)CNC(=S)N(C)Cc1ccccc1Br. The van der Waals surface area contributed by atoms with Crippen LogP contribution in [-0.2, 0) is 6.54 Å². The summed E-state index contributed by atoms with van der Waals surface area (Å²) in [5, 5.41) is 4.06. The molecule has 1 N–H and O–H groups in total. The molecule has 0 saturated carbocycles. The third-order valence-electron chi connectivity index (χ3n) is 2.37. The molecule has 0 atom stereocenters. The quantitative estimate of drug-likeness (QED) is 0.857. The molecule has 0 spiro atoms. The molecule has 2 nitrogen and oxygen atoms in total. The van der Waals surface area contributed by atoms with Gasteiger partial charge in [0.2, 0.25) is 0 Å². The van der Waals surface area contributed by atoms with Gasteiger partial charge in [0.25, 0.3) is 0 Å². The van der Waals surface area contributed by atoms with Crippen molar-refractivity contribution in [2.75, 3.05) is 13.6 Å². The monoisotopic (exact) mass is 314 g/mol. The van der Waals surface area contributed by atoms with Gasteiger partial charge in [-0.15, -0.1) is 0 Å². The van der Waals surface area contributed by atoms with Crippen LogP contribution in [0.5, 0.6) is 0 Å². The third kappa shape index (κ3) is 5.04. The molecule has 4 heteroatoms. The van der Waals surface area contributed by atoms with Gasteiger partial charge in [0.1, 0.15) is 0 Å². The van der Waals surface area contributed by atoms with Gasteiger partial charge in [-0.3, -0.25) is 0 Å². The first-order valence-electron chi connectivity index (χ1n) is 5.73. The van der Waals surface area contributed by atoms with Crippen LogP contribution in [0.15, 0.2) is 28.7 Å². The fraction of sp³-hybridized carbons (Fsp3) is 0.462. The van der Waals surface area contributed by atoms with E-state index in [4.69, 9.17) is 12.2 Å². The molecule has 0 unspecified atom stereocenters. The highest BCUT2D eigenvalue weighted by molar-refractivity contribution is 9.10. The van der Waals surface area contributed by atoms with Gasteiger partial charge in [-0.05, 0) is 29.8 Å². The fourth-order valence-corrected chi connectivity index (χ4v) is 1.94. The van der Waals surface area contributed by atoms with Crippen LogP contribution in [0.1, 0.15) is 19.4 Å². The Labute approximate surface area is 118 Å². The Balaban J connectivity index is 2.51. The zero-order chi connectivity index (χ0) is 12.8. The highest BCUT2D eigenvalue weighted by Crippen LogP contribution is 2.17. The van der Waals surface area contributed by atoms with Gasteiger partial charge in [-0.1, -0.05) is 48.0 Å². The minimum absolute atomic E-state index is 0.602. The van der Waals surface area contributed by atoms with Crippen molar-refractivity contribution in [1.82, 2.24) is 10.2 Å². The summed E-state index contributed by atoms with van der Waals surface area (Å²) in [5.74, 6) is 0.602. The summed E-state index contributed by atoms with van der Waals surface area (Å²) in [6, 6.07) is 8.21. The summed E-state index contributed by atoms with van der Waals surface area (Å²) >= 11 is 8.88. The molecule has 0 bridgehead atoms. The zero-order valence-corrected chi connectivity index (χ0v) is 12.9. The van der Waals surface area contributed by atoms with Crippen LogP contribution in [0.3, 0.4) is 0 Å². The Morgan fingerprint density at radius 3 is 2.65 bits per heavy atom. The van der Waals surface area contributed by atoms with Crippen molar-refractivity contribution < 1.29 is 0 Å². The first-order valence-corrected chi connectivity index (χ1v) is 6.93. The Morgan fingerprint density at radius 1 is 1.41 bits per heavy atom. The van der Waals surface area contributed by atoms with Gasteiger partial charge in [0.15, 0.2) is 5.11 Å². The number of halogens is 1. The largest absolute Gasteiger partial charge is 0.362 e. The Kier molecular flexibility index (Phi) is 5.92. The van der Waals surface area contributed by atoms with Crippen molar-refractivity contribution in [2.24, 2.45) is 5.92 Å². The lowest BCUT2D eigenvalue weighted by Crippen LogP contribution is -2.38. The van der Waals surface area contributed by atoms with E-state index in [1.54, 1.807) is 0 Å². The number of hydrogen-bond donors (Lipinski definition) is 1. The highest BCUT2D eigenvalue weighted by Gasteiger charge is 2.07. The predicted octanol–water partition coefficient (Wildman–Crippen LogP) is 3.41. The van der Waals surface area contributed by atoms with E-state index >= 15 is 0 Å². The van der Waals surface area contributed by atoms with Crippen molar-refractivity contribution in [3.63, 3.8) is 0 Å². The molecule has 0 aliphatic carbocycles. The van der Waals surface area contributed by atoms with Crippen molar-refractivity contribution in [3.05, 3.63) is 34.3 Å². The van der Waals surface area contributed by atoms with E-state index in [1.807, 2.05) is 25.2 Å². The van der Waals surface area contributed by atoms with E-state index in [0.29, 0.717) is 5.92 Å². The van der Waals surface area contributed by atoms with Crippen LogP contribution >= 0.6 is 28.1 Å². The molecular weight excluding hydrogens is 296 g/mol. The Morgan fingerprint density at radius 2 is 2.06 bits per heavy atom. The second-order valence-corrected chi connectivity index (χ2v) is 5.77. The molecule has 0 aliphatic heterocycles. The number of benzene rings is 1. The summed E-state index contributed by atoms with van der Waals surface area (Å²) in [7, 11) is 2.01. The molecule has 94 valence electrons. The molecule has 0 saturated heterocycles. The Bertz CT molecular complexity index is 379. The predicted molar refractivity (Wildman–Crippen MR) is 81.0 cm³/mol. The van der Waals surface area contributed by atoms with Crippen molar-refractivity contribution in [3.8, 4) is 0 Å². The van der Waals surface area contributed by atoms with Gasteiger partial charge in [0, 0.05) is 24.6 Å². The average Bonchev–Trinajstić information content (AvgIpc) is 2.28. The summed E-state index contributed by atoms with van der Waals surface area (Å²) in [4.78, 5) is 2.05. The molecule has 0 amide bonds. The summed E-state index contributed by atoms with van der Waals surface area (Å²) in [6.45, 7) is 6.07. The van der Waals surface area contributed by atoms with Crippen molar-refractivity contribution in [2.45, 2.75) is 20.4 Å². The number of hydrogen-bond acceptors (Lipinski definition) is 1. The smallest absolute Gasteiger partial charge is 0.168 e. The normalized spacial score (nSPS) is 10.4.